The number of hydrogen-bond donors (Lipinski definition) is 1. The summed E-state index contributed by atoms with van der Waals surface area (Å²) >= 11 is 1.55. The van der Waals surface area contributed by atoms with Crippen molar-refractivity contribution in [2.75, 3.05) is 19.0 Å². The van der Waals surface area contributed by atoms with Gasteiger partial charge < -0.3 is 14.8 Å². The van der Waals surface area contributed by atoms with Crippen LogP contribution in [0.15, 0.2) is 65.6 Å². The van der Waals surface area contributed by atoms with E-state index in [0.717, 1.165) is 22.0 Å². The quantitative estimate of drug-likeness (QED) is 0.659. The normalized spacial score (nSPS) is 14.0. The van der Waals surface area contributed by atoms with E-state index in [4.69, 9.17) is 9.47 Å². The van der Waals surface area contributed by atoms with Gasteiger partial charge in [-0.2, -0.15) is 0 Å². The van der Waals surface area contributed by atoms with E-state index >= 15 is 0 Å². The third-order valence-corrected chi connectivity index (χ3v) is 5.53. The molecule has 0 radical (unpaired) electrons. The Balaban J connectivity index is 1.35. The second-order valence-electron chi connectivity index (χ2n) is 6.49. The van der Waals surface area contributed by atoms with Crippen molar-refractivity contribution in [1.82, 2.24) is 5.32 Å². The molecule has 1 aliphatic rings. The maximum Gasteiger partial charge on any atom is 0.230 e. The molecule has 5 heteroatoms. The van der Waals surface area contributed by atoms with Gasteiger partial charge in [0, 0.05) is 4.90 Å². The van der Waals surface area contributed by atoms with Gasteiger partial charge in [0.15, 0.2) is 11.5 Å². The summed E-state index contributed by atoms with van der Waals surface area (Å²) in [5, 5.41) is 5.45. The number of fused-ring (bicyclic) bond motifs is 2. The first-order valence-electron chi connectivity index (χ1n) is 8.99. The molecule has 0 bridgehead atoms. The molecule has 1 heterocycles. The lowest BCUT2D eigenvalue weighted by Gasteiger charge is -2.21. The van der Waals surface area contributed by atoms with Crippen molar-refractivity contribution in [3.8, 4) is 11.5 Å². The minimum atomic E-state index is -0.0921. The van der Waals surface area contributed by atoms with E-state index in [1.807, 2.05) is 37.3 Å². The van der Waals surface area contributed by atoms with Crippen LogP contribution in [0.25, 0.3) is 10.8 Å². The molecule has 4 rings (SSSR count). The number of carbonyl (C=O) groups is 1. The second kappa shape index (κ2) is 7.92. The molecule has 0 saturated heterocycles. The van der Waals surface area contributed by atoms with Gasteiger partial charge in [0.25, 0.3) is 0 Å². The second-order valence-corrected chi connectivity index (χ2v) is 7.54. The van der Waals surface area contributed by atoms with Crippen LogP contribution < -0.4 is 14.8 Å². The molecule has 1 unspecified atom stereocenters. The van der Waals surface area contributed by atoms with E-state index in [1.54, 1.807) is 11.8 Å². The summed E-state index contributed by atoms with van der Waals surface area (Å²) in [5.74, 6) is 1.89. The Bertz CT molecular complexity index is 973. The van der Waals surface area contributed by atoms with Gasteiger partial charge in [-0.3, -0.25) is 4.79 Å². The molecular weight excluding hydrogens is 358 g/mol. The van der Waals surface area contributed by atoms with Crippen LogP contribution in [0.5, 0.6) is 11.5 Å². The zero-order chi connectivity index (χ0) is 18.6. The zero-order valence-corrected chi connectivity index (χ0v) is 15.9. The summed E-state index contributed by atoms with van der Waals surface area (Å²) < 4.78 is 11.2. The molecule has 1 N–H and O–H groups in total. The third kappa shape index (κ3) is 4.19. The fourth-order valence-electron chi connectivity index (χ4n) is 3.10. The van der Waals surface area contributed by atoms with Gasteiger partial charge in [0.1, 0.15) is 13.2 Å². The Morgan fingerprint density at radius 3 is 2.63 bits per heavy atom. The number of hydrogen-bond acceptors (Lipinski definition) is 4. The Morgan fingerprint density at radius 2 is 1.78 bits per heavy atom. The fourth-order valence-corrected chi connectivity index (χ4v) is 3.86. The van der Waals surface area contributed by atoms with Gasteiger partial charge in [-0.1, -0.05) is 36.4 Å². The first kappa shape index (κ1) is 17.7. The standard InChI is InChI=1S/C22H21NO3S/c1-15(17-7-9-20-21(13-17)26-11-10-25-20)23-22(24)14-27-19-8-6-16-4-2-3-5-18(16)12-19/h2-9,12-13,15H,10-11,14H2,1H3,(H,23,24). The van der Waals surface area contributed by atoms with E-state index in [-0.39, 0.29) is 11.9 Å². The first-order chi connectivity index (χ1) is 13.2. The van der Waals surface area contributed by atoms with Crippen LogP contribution in [0.4, 0.5) is 0 Å². The van der Waals surface area contributed by atoms with Crippen LogP contribution in [0.1, 0.15) is 18.5 Å². The van der Waals surface area contributed by atoms with E-state index in [1.165, 1.54) is 10.8 Å². The summed E-state index contributed by atoms with van der Waals surface area (Å²) in [6.45, 7) is 3.11. The molecular formula is C22H21NO3S. The Morgan fingerprint density at radius 1 is 1.00 bits per heavy atom. The fraction of sp³-hybridized carbons (Fsp3) is 0.227. The predicted molar refractivity (Wildman–Crippen MR) is 109 cm³/mol. The highest BCUT2D eigenvalue weighted by Gasteiger charge is 2.16. The molecule has 138 valence electrons. The lowest BCUT2D eigenvalue weighted by Crippen LogP contribution is -2.28. The van der Waals surface area contributed by atoms with Crippen LogP contribution in [-0.2, 0) is 4.79 Å². The molecule has 0 aliphatic carbocycles. The summed E-state index contributed by atoms with van der Waals surface area (Å²) in [7, 11) is 0. The summed E-state index contributed by atoms with van der Waals surface area (Å²) in [4.78, 5) is 13.5. The van der Waals surface area contributed by atoms with Crippen molar-refractivity contribution in [3.63, 3.8) is 0 Å². The number of ether oxygens (including phenoxy) is 2. The largest absolute Gasteiger partial charge is 0.486 e. The average molecular weight is 379 g/mol. The van der Waals surface area contributed by atoms with Gasteiger partial charge in [-0.25, -0.2) is 0 Å². The number of carbonyl (C=O) groups excluding carboxylic acids is 1. The van der Waals surface area contributed by atoms with Crippen LogP contribution in [-0.4, -0.2) is 24.9 Å². The van der Waals surface area contributed by atoms with Crippen molar-refractivity contribution in [1.29, 1.82) is 0 Å². The molecule has 4 nitrogen and oxygen atoms in total. The van der Waals surface area contributed by atoms with Crippen LogP contribution >= 0.6 is 11.8 Å². The van der Waals surface area contributed by atoms with Gasteiger partial charge in [-0.15, -0.1) is 11.8 Å². The highest BCUT2D eigenvalue weighted by atomic mass is 32.2. The van der Waals surface area contributed by atoms with E-state index < -0.39 is 0 Å². The lowest BCUT2D eigenvalue weighted by molar-refractivity contribution is -0.119. The highest BCUT2D eigenvalue weighted by Crippen LogP contribution is 2.32. The van der Waals surface area contributed by atoms with Crippen molar-refractivity contribution >= 4 is 28.4 Å². The van der Waals surface area contributed by atoms with Crippen molar-refractivity contribution in [2.24, 2.45) is 0 Å². The molecule has 0 aromatic heterocycles. The van der Waals surface area contributed by atoms with E-state index in [9.17, 15) is 4.79 Å². The SMILES string of the molecule is CC(NC(=O)CSc1ccc2ccccc2c1)c1ccc2c(c1)OCCO2. The highest BCUT2D eigenvalue weighted by molar-refractivity contribution is 8.00. The number of amides is 1. The topological polar surface area (TPSA) is 47.6 Å². The van der Waals surface area contributed by atoms with Gasteiger partial charge in [0.05, 0.1) is 11.8 Å². The molecule has 27 heavy (non-hydrogen) atoms. The summed E-state index contributed by atoms with van der Waals surface area (Å²) in [5.41, 5.74) is 1.00. The number of rotatable bonds is 5. The third-order valence-electron chi connectivity index (χ3n) is 4.53. The first-order valence-corrected chi connectivity index (χ1v) is 9.98. The Labute approximate surface area is 162 Å². The molecule has 0 saturated carbocycles. The van der Waals surface area contributed by atoms with Crippen molar-refractivity contribution in [3.05, 3.63) is 66.2 Å². The van der Waals surface area contributed by atoms with Crippen LogP contribution in [0.2, 0.25) is 0 Å². The van der Waals surface area contributed by atoms with Crippen molar-refractivity contribution in [2.45, 2.75) is 17.9 Å². The zero-order valence-electron chi connectivity index (χ0n) is 15.1. The number of nitrogens with one attached hydrogen (secondary N) is 1. The Kier molecular flexibility index (Phi) is 5.21. The van der Waals surface area contributed by atoms with Gasteiger partial charge in [0.2, 0.25) is 5.91 Å². The van der Waals surface area contributed by atoms with Gasteiger partial charge >= 0.3 is 0 Å². The average Bonchev–Trinajstić information content (AvgIpc) is 2.71. The molecule has 3 aromatic carbocycles. The maximum atomic E-state index is 12.4. The van der Waals surface area contributed by atoms with Crippen LogP contribution in [0, 0.1) is 0 Å². The number of benzene rings is 3. The van der Waals surface area contributed by atoms with Crippen molar-refractivity contribution < 1.29 is 14.3 Å². The molecule has 1 atom stereocenters. The molecule has 0 fully saturated rings. The molecule has 1 aliphatic heterocycles. The van der Waals surface area contributed by atoms with Gasteiger partial charge in [-0.05, 0) is 47.5 Å². The number of thioether (sulfide) groups is 1. The van der Waals surface area contributed by atoms with E-state index in [2.05, 4.69) is 35.6 Å². The molecule has 1 amide bonds. The van der Waals surface area contributed by atoms with E-state index in [0.29, 0.717) is 19.0 Å². The Hall–Kier alpha value is -2.66. The summed E-state index contributed by atoms with van der Waals surface area (Å²) in [6.07, 6.45) is 0. The molecule has 3 aromatic rings. The smallest absolute Gasteiger partial charge is 0.230 e. The minimum absolute atomic E-state index is 0.00977. The monoisotopic (exact) mass is 379 g/mol. The maximum absolute atomic E-state index is 12.4. The lowest BCUT2D eigenvalue weighted by atomic mass is 10.1. The minimum Gasteiger partial charge on any atom is -0.486 e. The predicted octanol–water partition coefficient (Wildman–Crippen LogP) is 4.58. The van der Waals surface area contributed by atoms with Crippen LogP contribution in [0.3, 0.4) is 0 Å². The summed E-state index contributed by atoms with van der Waals surface area (Å²) in [6, 6.07) is 20.2. The molecule has 0 spiro atoms.